The number of carbonyl (C=O) groups excluding carboxylic acids is 1. The molecule has 158 valence electrons. The van der Waals surface area contributed by atoms with Crippen LogP contribution in [0.5, 0.6) is 0 Å². The van der Waals surface area contributed by atoms with E-state index in [1.54, 1.807) is 12.1 Å². The number of sulfonamides is 1. The van der Waals surface area contributed by atoms with E-state index in [1.165, 1.54) is 60.4 Å². The van der Waals surface area contributed by atoms with Crippen LogP contribution in [0.1, 0.15) is 11.1 Å². The predicted molar refractivity (Wildman–Crippen MR) is 112 cm³/mol. The first kappa shape index (κ1) is 20.5. The fraction of sp³-hybridized carbons (Fsp3) is 0.0952. The summed E-state index contributed by atoms with van der Waals surface area (Å²) in [7, 11) is -4.29. The number of halogens is 1. The van der Waals surface area contributed by atoms with E-state index in [0.29, 0.717) is 15.4 Å². The molecule has 8 nitrogen and oxygen atoms in total. The number of benzene rings is 3. The molecule has 4 rings (SSSR count). The summed E-state index contributed by atoms with van der Waals surface area (Å²) >= 11 is 0. The molecule has 3 aromatic rings. The molecule has 0 aliphatic carbocycles. The van der Waals surface area contributed by atoms with Gasteiger partial charge in [-0.1, -0.05) is 30.3 Å². The van der Waals surface area contributed by atoms with Gasteiger partial charge < -0.3 is 0 Å². The number of amides is 2. The van der Waals surface area contributed by atoms with Crippen molar-refractivity contribution in [2.75, 3.05) is 9.21 Å². The first-order chi connectivity index (χ1) is 14.7. The largest absolute Gasteiger partial charge is 0.343 e. The minimum atomic E-state index is -4.29. The molecule has 0 saturated carbocycles. The first-order valence-electron chi connectivity index (χ1n) is 9.15. The third-order valence-corrected chi connectivity index (χ3v) is 6.68. The standard InChI is InChI=1S/C21H16FN3O5S/c1-14-9-10-16(12-18(14)22)24-21(26)23(13-15-5-4-6-17(11-15)25(27)28)19-7-2-3-8-20(19)31(24,29)30/h2-12H,13H2,1H3. The quantitative estimate of drug-likeness (QED) is 0.442. The lowest BCUT2D eigenvalue weighted by Gasteiger charge is -2.36. The molecule has 0 unspecified atom stereocenters. The lowest BCUT2D eigenvalue weighted by Crippen LogP contribution is -2.50. The van der Waals surface area contributed by atoms with Crippen molar-refractivity contribution in [1.82, 2.24) is 0 Å². The van der Waals surface area contributed by atoms with Crippen LogP contribution in [0.2, 0.25) is 0 Å². The van der Waals surface area contributed by atoms with Crippen LogP contribution in [0.3, 0.4) is 0 Å². The molecule has 1 aliphatic heterocycles. The Labute approximate surface area is 177 Å². The Balaban J connectivity index is 1.85. The highest BCUT2D eigenvalue weighted by Crippen LogP contribution is 2.38. The number of fused-ring (bicyclic) bond motifs is 1. The Kier molecular flexibility index (Phi) is 4.94. The van der Waals surface area contributed by atoms with Gasteiger partial charge in [-0.3, -0.25) is 15.0 Å². The second-order valence-electron chi connectivity index (χ2n) is 6.97. The van der Waals surface area contributed by atoms with Gasteiger partial charge in [0.15, 0.2) is 0 Å². The zero-order valence-corrected chi connectivity index (χ0v) is 17.0. The minimum Gasteiger partial charge on any atom is -0.287 e. The Hall–Kier alpha value is -3.79. The average Bonchev–Trinajstić information content (AvgIpc) is 2.74. The van der Waals surface area contributed by atoms with Crippen molar-refractivity contribution < 1.29 is 22.5 Å². The lowest BCUT2D eigenvalue weighted by atomic mass is 10.1. The zero-order valence-electron chi connectivity index (χ0n) is 16.2. The summed E-state index contributed by atoms with van der Waals surface area (Å²) < 4.78 is 41.2. The van der Waals surface area contributed by atoms with E-state index in [-0.39, 0.29) is 28.5 Å². The van der Waals surface area contributed by atoms with Crippen LogP contribution < -0.4 is 9.21 Å². The molecule has 1 aliphatic rings. The van der Waals surface area contributed by atoms with Gasteiger partial charge in [0.2, 0.25) is 0 Å². The highest BCUT2D eigenvalue weighted by Gasteiger charge is 2.42. The number of hydrogen-bond donors (Lipinski definition) is 0. The molecular formula is C21H16FN3O5S. The van der Waals surface area contributed by atoms with Crippen LogP contribution in [-0.2, 0) is 16.6 Å². The van der Waals surface area contributed by atoms with E-state index in [1.807, 2.05) is 0 Å². The summed E-state index contributed by atoms with van der Waals surface area (Å²) in [6.45, 7) is 1.41. The summed E-state index contributed by atoms with van der Waals surface area (Å²) in [5.41, 5.74) is 0.598. The van der Waals surface area contributed by atoms with Crippen molar-refractivity contribution in [2.24, 2.45) is 0 Å². The van der Waals surface area contributed by atoms with Gasteiger partial charge in [-0.05, 0) is 42.3 Å². The van der Waals surface area contributed by atoms with Crippen molar-refractivity contribution in [2.45, 2.75) is 18.4 Å². The Morgan fingerprint density at radius 3 is 2.48 bits per heavy atom. The Morgan fingerprint density at radius 1 is 1.03 bits per heavy atom. The second-order valence-corrected chi connectivity index (χ2v) is 8.72. The molecule has 0 N–H and O–H groups in total. The maximum absolute atomic E-state index is 14.2. The molecule has 0 saturated heterocycles. The zero-order chi connectivity index (χ0) is 22.3. The lowest BCUT2D eigenvalue weighted by molar-refractivity contribution is -0.384. The number of urea groups is 1. The van der Waals surface area contributed by atoms with Crippen LogP contribution in [0.15, 0.2) is 71.6 Å². The molecule has 0 fully saturated rings. The van der Waals surface area contributed by atoms with E-state index in [2.05, 4.69) is 0 Å². The van der Waals surface area contributed by atoms with E-state index in [4.69, 9.17) is 0 Å². The smallest absolute Gasteiger partial charge is 0.287 e. The number of nitro groups is 1. The maximum atomic E-state index is 14.2. The summed E-state index contributed by atoms with van der Waals surface area (Å²) in [5.74, 6) is -0.649. The number of nitro benzene ring substituents is 1. The second kappa shape index (κ2) is 7.47. The number of hydrogen-bond acceptors (Lipinski definition) is 5. The van der Waals surface area contributed by atoms with Crippen molar-refractivity contribution in [3.63, 3.8) is 0 Å². The van der Waals surface area contributed by atoms with Gasteiger partial charge in [-0.15, -0.1) is 0 Å². The Bertz CT molecular complexity index is 1330. The summed E-state index contributed by atoms with van der Waals surface area (Å²) in [5, 5.41) is 11.1. The Morgan fingerprint density at radius 2 is 1.77 bits per heavy atom. The molecule has 0 bridgehead atoms. The third-order valence-electron chi connectivity index (χ3n) is 4.93. The molecule has 0 radical (unpaired) electrons. The number of carbonyl (C=O) groups is 1. The van der Waals surface area contributed by atoms with Crippen LogP contribution in [0.25, 0.3) is 0 Å². The van der Waals surface area contributed by atoms with Gasteiger partial charge in [0.25, 0.3) is 15.7 Å². The van der Waals surface area contributed by atoms with Gasteiger partial charge >= 0.3 is 6.03 Å². The fourth-order valence-corrected chi connectivity index (χ4v) is 4.96. The molecule has 10 heteroatoms. The topological polar surface area (TPSA) is 101 Å². The molecule has 3 aromatic carbocycles. The number of non-ortho nitro benzene ring substituents is 1. The van der Waals surface area contributed by atoms with Crippen molar-refractivity contribution in [1.29, 1.82) is 0 Å². The number of aryl methyl sites for hydroxylation is 1. The highest BCUT2D eigenvalue weighted by molar-refractivity contribution is 7.94. The van der Waals surface area contributed by atoms with Crippen LogP contribution in [0.4, 0.5) is 26.2 Å². The summed E-state index contributed by atoms with van der Waals surface area (Å²) in [6, 6.07) is 14.5. The molecular weight excluding hydrogens is 425 g/mol. The number of para-hydroxylation sites is 1. The molecule has 1 heterocycles. The van der Waals surface area contributed by atoms with E-state index < -0.39 is 26.8 Å². The molecule has 0 spiro atoms. The summed E-state index contributed by atoms with van der Waals surface area (Å²) in [6.07, 6.45) is 0. The van der Waals surface area contributed by atoms with Crippen molar-refractivity contribution >= 4 is 33.1 Å². The third kappa shape index (κ3) is 3.50. The van der Waals surface area contributed by atoms with Gasteiger partial charge in [0, 0.05) is 12.1 Å². The maximum Gasteiger partial charge on any atom is 0.343 e. The number of anilines is 2. The molecule has 0 atom stereocenters. The van der Waals surface area contributed by atoms with Gasteiger partial charge in [-0.25, -0.2) is 17.6 Å². The van der Waals surface area contributed by atoms with Gasteiger partial charge in [-0.2, -0.15) is 4.31 Å². The number of rotatable bonds is 4. The van der Waals surface area contributed by atoms with E-state index in [0.717, 1.165) is 6.07 Å². The molecule has 31 heavy (non-hydrogen) atoms. The SMILES string of the molecule is Cc1ccc(N2C(=O)N(Cc3cccc([N+](=O)[O-])c3)c3ccccc3S2(=O)=O)cc1F. The van der Waals surface area contributed by atoms with Crippen LogP contribution in [-0.4, -0.2) is 19.4 Å². The predicted octanol–water partition coefficient (Wildman–Crippen LogP) is 4.38. The fourth-order valence-electron chi connectivity index (χ4n) is 3.37. The van der Waals surface area contributed by atoms with Crippen molar-refractivity contribution in [3.8, 4) is 0 Å². The molecule has 0 aromatic heterocycles. The summed E-state index contributed by atoms with van der Waals surface area (Å²) in [4.78, 5) is 25.0. The van der Waals surface area contributed by atoms with Gasteiger partial charge in [0.1, 0.15) is 10.7 Å². The van der Waals surface area contributed by atoms with E-state index >= 15 is 0 Å². The highest BCUT2D eigenvalue weighted by atomic mass is 32.2. The first-order valence-corrected chi connectivity index (χ1v) is 10.6. The van der Waals surface area contributed by atoms with Crippen molar-refractivity contribution in [3.05, 3.63) is 93.8 Å². The number of nitrogens with zero attached hydrogens (tertiary/aromatic N) is 3. The van der Waals surface area contributed by atoms with Crippen LogP contribution >= 0.6 is 0 Å². The minimum absolute atomic E-state index is 0.113. The van der Waals surface area contributed by atoms with Crippen LogP contribution in [0, 0.1) is 22.9 Å². The van der Waals surface area contributed by atoms with Gasteiger partial charge in [0.05, 0.1) is 22.8 Å². The normalized spacial score (nSPS) is 15.0. The van der Waals surface area contributed by atoms with E-state index in [9.17, 15) is 27.7 Å². The monoisotopic (exact) mass is 441 g/mol. The average molecular weight is 441 g/mol. The molecule has 2 amide bonds.